The summed E-state index contributed by atoms with van der Waals surface area (Å²) in [6, 6.07) is 8.03. The van der Waals surface area contributed by atoms with E-state index in [1.165, 1.54) is 13.2 Å². The van der Waals surface area contributed by atoms with Gasteiger partial charge in [-0.15, -0.1) is 0 Å². The van der Waals surface area contributed by atoms with Gasteiger partial charge in [0.1, 0.15) is 23.4 Å². The van der Waals surface area contributed by atoms with Crippen molar-refractivity contribution < 1.29 is 18.7 Å². The molecule has 1 aromatic carbocycles. The fourth-order valence-electron chi connectivity index (χ4n) is 3.03. The number of aryl methyl sites for hydroxylation is 1. The van der Waals surface area contributed by atoms with Crippen LogP contribution in [0.3, 0.4) is 0 Å². The lowest BCUT2D eigenvalue weighted by Gasteiger charge is -2.32. The number of nitrogens with zero attached hydrogens (tertiary/aromatic N) is 1. The summed E-state index contributed by atoms with van der Waals surface area (Å²) in [7, 11) is 1.53. The summed E-state index contributed by atoms with van der Waals surface area (Å²) in [6.07, 6.45) is 1.29. The molecule has 7 heteroatoms. The first-order valence-electron chi connectivity index (χ1n) is 8.37. The molecule has 26 heavy (non-hydrogen) atoms. The number of amides is 1. The predicted octanol–water partition coefficient (Wildman–Crippen LogP) is 3.29. The number of hydrogen-bond donors (Lipinski definition) is 0. The second-order valence-corrected chi connectivity index (χ2v) is 6.61. The number of carbonyl (C=O) groups excluding carboxylic acids is 1. The van der Waals surface area contributed by atoms with Gasteiger partial charge in [0.05, 0.1) is 18.7 Å². The lowest BCUT2D eigenvalue weighted by Crippen LogP contribution is -2.42. The Morgan fingerprint density at radius 1 is 1.23 bits per heavy atom. The number of hydrogen-bond acceptors (Lipinski definition) is 5. The first-order valence-corrected chi connectivity index (χ1v) is 8.75. The second-order valence-electron chi connectivity index (χ2n) is 6.18. The van der Waals surface area contributed by atoms with Gasteiger partial charge in [-0.05, 0) is 25.1 Å². The standard InChI is InChI=1S/C19H20ClNO5/c1-12-9-15(11-18(22)25-12)26-14-5-7-21(8-6-14)19(23)16-10-13(20)3-4-17(16)24-2/h3-4,9-11,14H,5-8H2,1-2H3. The maximum Gasteiger partial charge on any atom is 0.339 e. The minimum atomic E-state index is -0.430. The molecule has 1 aliphatic rings. The van der Waals surface area contributed by atoms with Crippen molar-refractivity contribution in [2.75, 3.05) is 20.2 Å². The first-order chi connectivity index (χ1) is 12.5. The summed E-state index contributed by atoms with van der Waals surface area (Å²) in [5.41, 5.74) is 0.0244. The van der Waals surface area contributed by atoms with Crippen LogP contribution in [0.5, 0.6) is 11.5 Å². The molecular formula is C19H20ClNO5. The zero-order valence-corrected chi connectivity index (χ0v) is 15.4. The number of rotatable bonds is 4. The molecule has 0 radical (unpaired) electrons. The third kappa shape index (κ3) is 4.19. The molecule has 1 amide bonds. The van der Waals surface area contributed by atoms with Crippen molar-refractivity contribution in [3.8, 4) is 11.5 Å². The molecule has 1 aromatic heterocycles. The highest BCUT2D eigenvalue weighted by Gasteiger charge is 2.26. The molecule has 0 unspecified atom stereocenters. The molecule has 0 saturated carbocycles. The first kappa shape index (κ1) is 18.3. The maximum absolute atomic E-state index is 12.8. The third-order valence-electron chi connectivity index (χ3n) is 4.29. The normalized spacial score (nSPS) is 15.0. The quantitative estimate of drug-likeness (QED) is 0.817. The molecule has 0 N–H and O–H groups in total. The van der Waals surface area contributed by atoms with E-state index in [1.54, 1.807) is 36.1 Å². The smallest absolute Gasteiger partial charge is 0.339 e. The Labute approximate surface area is 156 Å². The van der Waals surface area contributed by atoms with Crippen molar-refractivity contribution in [1.82, 2.24) is 4.90 Å². The molecule has 1 aliphatic heterocycles. The van der Waals surface area contributed by atoms with Crippen LogP contribution in [0, 0.1) is 6.92 Å². The summed E-state index contributed by atoms with van der Waals surface area (Å²) in [5, 5.41) is 0.491. The molecule has 6 nitrogen and oxygen atoms in total. The van der Waals surface area contributed by atoms with Crippen LogP contribution in [0.25, 0.3) is 0 Å². The second kappa shape index (κ2) is 7.83. The molecule has 2 aromatic rings. The number of carbonyl (C=O) groups is 1. The van der Waals surface area contributed by atoms with Gasteiger partial charge >= 0.3 is 5.63 Å². The van der Waals surface area contributed by atoms with E-state index in [0.29, 0.717) is 53.8 Å². The molecule has 3 rings (SSSR count). The monoisotopic (exact) mass is 377 g/mol. The molecule has 2 heterocycles. The van der Waals surface area contributed by atoms with Crippen LogP contribution in [-0.4, -0.2) is 37.1 Å². The van der Waals surface area contributed by atoms with Crippen LogP contribution in [0.2, 0.25) is 5.02 Å². The summed E-state index contributed by atoms with van der Waals surface area (Å²) >= 11 is 6.02. The maximum atomic E-state index is 12.8. The van der Waals surface area contributed by atoms with E-state index in [0.717, 1.165) is 0 Å². The molecular weight excluding hydrogens is 358 g/mol. The van der Waals surface area contributed by atoms with Crippen LogP contribution >= 0.6 is 11.6 Å². The Kier molecular flexibility index (Phi) is 5.52. The average molecular weight is 378 g/mol. The topological polar surface area (TPSA) is 69.0 Å². The van der Waals surface area contributed by atoms with Gasteiger partial charge in [0.25, 0.3) is 5.91 Å². The number of benzene rings is 1. The largest absolute Gasteiger partial charge is 0.496 e. The van der Waals surface area contributed by atoms with Crippen LogP contribution < -0.4 is 15.1 Å². The van der Waals surface area contributed by atoms with Crippen LogP contribution in [-0.2, 0) is 0 Å². The van der Waals surface area contributed by atoms with E-state index in [9.17, 15) is 9.59 Å². The fourth-order valence-corrected chi connectivity index (χ4v) is 3.20. The Morgan fingerprint density at radius 2 is 1.96 bits per heavy atom. The van der Waals surface area contributed by atoms with Crippen molar-refractivity contribution in [2.45, 2.75) is 25.9 Å². The van der Waals surface area contributed by atoms with E-state index in [-0.39, 0.29) is 12.0 Å². The lowest BCUT2D eigenvalue weighted by atomic mass is 10.1. The van der Waals surface area contributed by atoms with Crippen molar-refractivity contribution in [3.05, 3.63) is 57.1 Å². The van der Waals surface area contributed by atoms with Gasteiger partial charge in [-0.2, -0.15) is 0 Å². The molecule has 0 atom stereocenters. The van der Waals surface area contributed by atoms with E-state index in [2.05, 4.69) is 0 Å². The zero-order chi connectivity index (χ0) is 18.7. The Bertz CT molecular complexity index is 855. The summed E-state index contributed by atoms with van der Waals surface area (Å²) < 4.78 is 16.1. The van der Waals surface area contributed by atoms with Gasteiger partial charge in [0.15, 0.2) is 0 Å². The third-order valence-corrected chi connectivity index (χ3v) is 4.53. The van der Waals surface area contributed by atoms with Crippen molar-refractivity contribution in [2.24, 2.45) is 0 Å². The van der Waals surface area contributed by atoms with E-state index in [4.69, 9.17) is 25.5 Å². The number of piperidine rings is 1. The van der Waals surface area contributed by atoms with E-state index in [1.807, 2.05) is 0 Å². The van der Waals surface area contributed by atoms with Crippen LogP contribution in [0.4, 0.5) is 0 Å². The van der Waals surface area contributed by atoms with Crippen LogP contribution in [0.15, 0.2) is 39.5 Å². The highest BCUT2D eigenvalue weighted by Crippen LogP contribution is 2.26. The van der Waals surface area contributed by atoms with Crippen LogP contribution in [0.1, 0.15) is 29.0 Å². The molecule has 0 spiro atoms. The summed E-state index contributed by atoms with van der Waals surface area (Å²) in [6.45, 7) is 2.81. The predicted molar refractivity (Wildman–Crippen MR) is 97.3 cm³/mol. The highest BCUT2D eigenvalue weighted by molar-refractivity contribution is 6.31. The molecule has 0 bridgehead atoms. The average Bonchev–Trinajstić information content (AvgIpc) is 2.61. The van der Waals surface area contributed by atoms with Gasteiger partial charge in [-0.3, -0.25) is 4.79 Å². The molecule has 1 saturated heterocycles. The minimum Gasteiger partial charge on any atom is -0.496 e. The SMILES string of the molecule is COc1ccc(Cl)cc1C(=O)N1CCC(Oc2cc(C)oc(=O)c2)CC1. The number of methoxy groups -OCH3 is 1. The lowest BCUT2D eigenvalue weighted by molar-refractivity contribution is 0.0591. The number of ether oxygens (including phenoxy) is 2. The van der Waals surface area contributed by atoms with Crippen molar-refractivity contribution in [3.63, 3.8) is 0 Å². The highest BCUT2D eigenvalue weighted by atomic mass is 35.5. The summed E-state index contributed by atoms with van der Waals surface area (Å²) in [5.74, 6) is 1.40. The molecule has 138 valence electrons. The fraction of sp³-hybridized carbons (Fsp3) is 0.368. The van der Waals surface area contributed by atoms with Gasteiger partial charge in [0.2, 0.25) is 0 Å². The van der Waals surface area contributed by atoms with Gasteiger partial charge in [0, 0.05) is 37.0 Å². The van der Waals surface area contributed by atoms with E-state index >= 15 is 0 Å². The van der Waals surface area contributed by atoms with E-state index < -0.39 is 5.63 Å². The number of halogens is 1. The summed E-state index contributed by atoms with van der Waals surface area (Å²) in [4.78, 5) is 26.0. The Hall–Kier alpha value is -2.47. The van der Waals surface area contributed by atoms with Gasteiger partial charge in [-0.25, -0.2) is 4.79 Å². The van der Waals surface area contributed by atoms with Gasteiger partial charge < -0.3 is 18.8 Å². The molecule has 0 aliphatic carbocycles. The zero-order valence-electron chi connectivity index (χ0n) is 14.7. The van der Waals surface area contributed by atoms with Gasteiger partial charge in [-0.1, -0.05) is 11.6 Å². The minimum absolute atomic E-state index is 0.0542. The number of likely N-dealkylation sites (tertiary alicyclic amines) is 1. The Morgan fingerprint density at radius 3 is 2.62 bits per heavy atom. The van der Waals surface area contributed by atoms with Crippen molar-refractivity contribution >= 4 is 17.5 Å². The van der Waals surface area contributed by atoms with Crippen molar-refractivity contribution in [1.29, 1.82) is 0 Å². The Balaban J connectivity index is 1.64. The molecule has 1 fully saturated rings.